The van der Waals surface area contributed by atoms with Gasteiger partial charge in [0, 0.05) is 41.2 Å². The number of halogens is 1. The normalized spacial score (nSPS) is 10.1. The maximum atomic E-state index is 4.65. The van der Waals surface area contributed by atoms with E-state index in [1.807, 2.05) is 44.1 Å². The Morgan fingerprint density at radius 1 is 1.14 bits per heavy atom. The second kappa shape index (κ2) is 8.53. The molecule has 0 saturated heterocycles. The Morgan fingerprint density at radius 2 is 1.81 bits per heavy atom. The Kier molecular flexibility index (Phi) is 7.37. The first kappa shape index (κ1) is 18.2. The number of benzene rings is 1. The summed E-state index contributed by atoms with van der Waals surface area (Å²) >= 11 is 1.79. The molecule has 0 amide bonds. The quantitative estimate of drug-likeness (QED) is 0.331. The number of aliphatic imine (C=N–C) groups is 1. The summed E-state index contributed by atoms with van der Waals surface area (Å²) in [5.74, 6) is 1.01. The van der Waals surface area contributed by atoms with Crippen LogP contribution in [0.5, 0.6) is 0 Å². The molecule has 4 nitrogen and oxygen atoms in total. The van der Waals surface area contributed by atoms with Gasteiger partial charge in [-0.15, -0.1) is 35.3 Å². The van der Waals surface area contributed by atoms with E-state index >= 15 is 0 Å². The molecule has 0 bridgehead atoms. The van der Waals surface area contributed by atoms with E-state index in [0.717, 1.165) is 30.9 Å². The van der Waals surface area contributed by atoms with Crippen molar-refractivity contribution < 1.29 is 0 Å². The summed E-state index contributed by atoms with van der Waals surface area (Å²) < 4.78 is 1.27. The van der Waals surface area contributed by atoms with Crippen molar-refractivity contribution >= 4 is 51.5 Å². The molecule has 1 aromatic heterocycles. The van der Waals surface area contributed by atoms with Crippen molar-refractivity contribution in [2.45, 2.75) is 12.8 Å². The maximum Gasteiger partial charge on any atom is 0.195 e. The van der Waals surface area contributed by atoms with Gasteiger partial charge in [-0.3, -0.25) is 4.99 Å². The number of fused-ring (bicyclic) bond motifs is 1. The summed E-state index contributed by atoms with van der Waals surface area (Å²) in [5.41, 5.74) is 1.11. The first-order chi connectivity index (χ1) is 9.58. The van der Waals surface area contributed by atoms with E-state index in [1.54, 1.807) is 11.3 Å². The van der Waals surface area contributed by atoms with Crippen LogP contribution in [0.4, 0.5) is 0 Å². The molecule has 0 fully saturated rings. The highest BCUT2D eigenvalue weighted by atomic mass is 127. The third-order valence-corrected chi connectivity index (χ3v) is 4.04. The number of hydrogen-bond donors (Lipinski definition) is 0. The Balaban J connectivity index is 0.00000220. The van der Waals surface area contributed by atoms with Gasteiger partial charge >= 0.3 is 0 Å². The van der Waals surface area contributed by atoms with Crippen LogP contribution in [0.2, 0.25) is 0 Å². The van der Waals surface area contributed by atoms with E-state index in [1.165, 1.54) is 9.71 Å². The molecule has 21 heavy (non-hydrogen) atoms. The van der Waals surface area contributed by atoms with Crippen LogP contribution in [0.15, 0.2) is 29.3 Å². The van der Waals surface area contributed by atoms with Gasteiger partial charge in [0.25, 0.3) is 0 Å². The summed E-state index contributed by atoms with van der Waals surface area (Å²) in [6, 6.07) is 8.31. The highest BCUT2D eigenvalue weighted by Crippen LogP contribution is 2.22. The largest absolute Gasteiger partial charge is 0.349 e. The zero-order valence-corrected chi connectivity index (χ0v) is 16.2. The molecule has 1 heterocycles. The Labute approximate surface area is 147 Å². The zero-order valence-electron chi connectivity index (χ0n) is 13.0. The fourth-order valence-corrected chi connectivity index (χ4v) is 3.13. The molecule has 0 atom stereocenters. The van der Waals surface area contributed by atoms with Crippen LogP contribution < -0.4 is 0 Å². The molecule has 0 radical (unpaired) electrons. The van der Waals surface area contributed by atoms with Crippen molar-refractivity contribution in [2.75, 3.05) is 34.7 Å². The van der Waals surface area contributed by atoms with Crippen LogP contribution in [0.3, 0.4) is 0 Å². The maximum absolute atomic E-state index is 4.65. The molecule has 0 aliphatic carbocycles. The van der Waals surface area contributed by atoms with Gasteiger partial charge in [0.2, 0.25) is 0 Å². The Morgan fingerprint density at radius 3 is 2.43 bits per heavy atom. The van der Waals surface area contributed by atoms with E-state index in [9.17, 15) is 0 Å². The van der Waals surface area contributed by atoms with Gasteiger partial charge in [0.1, 0.15) is 0 Å². The van der Waals surface area contributed by atoms with Crippen LogP contribution >= 0.6 is 35.3 Å². The summed E-state index contributed by atoms with van der Waals surface area (Å²) in [6.07, 6.45) is 2.03. The second-order valence-electron chi connectivity index (χ2n) is 5.15. The number of guanidine groups is 1. The smallest absolute Gasteiger partial charge is 0.195 e. The molecule has 0 aliphatic rings. The molecular weight excluding hydrogens is 395 g/mol. The van der Waals surface area contributed by atoms with E-state index in [2.05, 4.69) is 28.2 Å². The predicted molar refractivity (Wildman–Crippen MR) is 103 cm³/mol. The van der Waals surface area contributed by atoms with Crippen LogP contribution in [0, 0.1) is 0 Å². The standard InChI is InChI=1S/C15H22N4S.HI/c1-18(2)15(19(3)4)16-11-7-10-14-17-12-8-5-6-9-13(12)20-14;/h5-6,8-9H,7,10-11H2,1-4H3;1H. The van der Waals surface area contributed by atoms with Crippen molar-refractivity contribution in [3.05, 3.63) is 29.3 Å². The number of hydrogen-bond acceptors (Lipinski definition) is 3. The minimum absolute atomic E-state index is 0. The van der Waals surface area contributed by atoms with Crippen LogP contribution in [-0.2, 0) is 6.42 Å². The fraction of sp³-hybridized carbons (Fsp3) is 0.467. The number of nitrogens with zero attached hydrogens (tertiary/aromatic N) is 4. The average molecular weight is 418 g/mol. The van der Waals surface area contributed by atoms with E-state index in [4.69, 9.17) is 0 Å². The van der Waals surface area contributed by atoms with Gasteiger partial charge in [-0.2, -0.15) is 0 Å². The highest BCUT2D eigenvalue weighted by Gasteiger charge is 2.05. The molecule has 0 unspecified atom stereocenters. The zero-order chi connectivity index (χ0) is 14.5. The van der Waals surface area contributed by atoms with Crippen molar-refractivity contribution in [1.82, 2.24) is 14.8 Å². The first-order valence-electron chi connectivity index (χ1n) is 6.81. The number of para-hydroxylation sites is 1. The topological polar surface area (TPSA) is 31.7 Å². The van der Waals surface area contributed by atoms with Crippen molar-refractivity contribution in [3.63, 3.8) is 0 Å². The molecule has 116 valence electrons. The van der Waals surface area contributed by atoms with Gasteiger partial charge < -0.3 is 9.80 Å². The van der Waals surface area contributed by atoms with E-state index in [-0.39, 0.29) is 24.0 Å². The lowest BCUT2D eigenvalue weighted by Crippen LogP contribution is -2.35. The van der Waals surface area contributed by atoms with E-state index in [0.29, 0.717) is 0 Å². The first-order valence-corrected chi connectivity index (χ1v) is 7.63. The second-order valence-corrected chi connectivity index (χ2v) is 6.26. The molecule has 6 heteroatoms. The SMILES string of the molecule is CN(C)C(=NCCCc1nc2ccccc2s1)N(C)C.I. The Bertz CT molecular complexity index is 549. The van der Waals surface area contributed by atoms with Crippen LogP contribution in [-0.4, -0.2) is 55.5 Å². The summed E-state index contributed by atoms with van der Waals surface area (Å²) in [5, 5.41) is 1.21. The van der Waals surface area contributed by atoms with Crippen molar-refractivity contribution in [3.8, 4) is 0 Å². The number of aromatic nitrogens is 1. The number of aryl methyl sites for hydroxylation is 1. The Hall–Kier alpha value is -0.890. The third-order valence-electron chi connectivity index (χ3n) is 2.94. The molecule has 2 rings (SSSR count). The lowest BCUT2D eigenvalue weighted by molar-refractivity contribution is 0.479. The molecule has 1 aromatic carbocycles. The van der Waals surface area contributed by atoms with E-state index < -0.39 is 0 Å². The van der Waals surface area contributed by atoms with Crippen LogP contribution in [0.25, 0.3) is 10.2 Å². The van der Waals surface area contributed by atoms with Gasteiger partial charge in [-0.25, -0.2) is 4.98 Å². The summed E-state index contributed by atoms with van der Waals surface area (Å²) in [4.78, 5) is 13.4. The summed E-state index contributed by atoms with van der Waals surface area (Å²) in [7, 11) is 8.08. The number of thiazole rings is 1. The van der Waals surface area contributed by atoms with Gasteiger partial charge in [0.05, 0.1) is 15.2 Å². The number of rotatable bonds is 4. The molecule has 0 saturated carbocycles. The lowest BCUT2D eigenvalue weighted by atomic mass is 10.3. The van der Waals surface area contributed by atoms with Crippen molar-refractivity contribution in [2.24, 2.45) is 4.99 Å². The molecular formula is C15H23IN4S. The monoisotopic (exact) mass is 418 g/mol. The molecule has 0 aliphatic heterocycles. The van der Waals surface area contributed by atoms with Gasteiger partial charge in [0.15, 0.2) is 5.96 Å². The highest BCUT2D eigenvalue weighted by molar-refractivity contribution is 14.0. The van der Waals surface area contributed by atoms with Crippen molar-refractivity contribution in [1.29, 1.82) is 0 Å². The minimum atomic E-state index is 0. The lowest BCUT2D eigenvalue weighted by Gasteiger charge is -2.22. The molecule has 0 N–H and O–H groups in total. The van der Waals surface area contributed by atoms with Gasteiger partial charge in [-0.05, 0) is 18.6 Å². The average Bonchev–Trinajstić information content (AvgIpc) is 2.80. The van der Waals surface area contributed by atoms with Crippen LogP contribution in [0.1, 0.15) is 11.4 Å². The summed E-state index contributed by atoms with van der Waals surface area (Å²) in [6.45, 7) is 0.835. The fourth-order valence-electron chi connectivity index (χ4n) is 2.12. The molecule has 2 aromatic rings. The molecule has 0 spiro atoms. The predicted octanol–water partition coefficient (Wildman–Crippen LogP) is 3.33. The van der Waals surface area contributed by atoms with Gasteiger partial charge in [-0.1, -0.05) is 12.1 Å². The minimum Gasteiger partial charge on any atom is -0.349 e. The third kappa shape index (κ3) is 5.10.